The molecule has 0 saturated carbocycles. The lowest BCUT2D eigenvalue weighted by atomic mass is 10.1. The highest BCUT2D eigenvalue weighted by atomic mass is 79.9. The van der Waals surface area contributed by atoms with Crippen molar-refractivity contribution in [2.24, 2.45) is 0 Å². The minimum Gasteiger partial charge on any atom is -0.482 e. The van der Waals surface area contributed by atoms with Crippen molar-refractivity contribution < 1.29 is 19.1 Å². The lowest BCUT2D eigenvalue weighted by Crippen LogP contribution is -2.43. The highest BCUT2D eigenvalue weighted by molar-refractivity contribution is 9.10. The molecule has 1 aliphatic rings. The fourth-order valence-electron chi connectivity index (χ4n) is 3.16. The monoisotopic (exact) mass is 501 g/mol. The Morgan fingerprint density at radius 2 is 2.10 bits per heavy atom. The highest BCUT2D eigenvalue weighted by Gasteiger charge is 2.28. The minimum absolute atomic E-state index is 0.101. The molecule has 3 aromatic rings. The van der Waals surface area contributed by atoms with Crippen molar-refractivity contribution in [1.29, 1.82) is 0 Å². The van der Waals surface area contributed by atoms with Gasteiger partial charge in [0.15, 0.2) is 6.61 Å². The second kappa shape index (κ2) is 9.59. The first-order valence-electron chi connectivity index (χ1n) is 9.60. The van der Waals surface area contributed by atoms with E-state index in [1.807, 2.05) is 35.7 Å². The number of fused-ring (bicyclic) bond motifs is 1. The summed E-state index contributed by atoms with van der Waals surface area (Å²) in [4.78, 5) is 31.2. The van der Waals surface area contributed by atoms with E-state index in [4.69, 9.17) is 9.47 Å². The number of carbonyl (C=O) groups excluding carboxylic acids is 2. The third-order valence-electron chi connectivity index (χ3n) is 4.70. The average Bonchev–Trinajstić information content (AvgIpc) is 3.24. The number of thiazole rings is 1. The second-order valence-corrected chi connectivity index (χ2v) is 8.73. The van der Waals surface area contributed by atoms with E-state index in [1.165, 1.54) is 4.90 Å². The van der Waals surface area contributed by atoms with E-state index < -0.39 is 0 Å². The van der Waals surface area contributed by atoms with Gasteiger partial charge in [-0.05, 0) is 42.5 Å². The van der Waals surface area contributed by atoms with Gasteiger partial charge in [-0.2, -0.15) is 0 Å². The van der Waals surface area contributed by atoms with E-state index in [0.29, 0.717) is 23.7 Å². The molecular weight excluding hydrogens is 482 g/mol. The predicted molar refractivity (Wildman–Crippen MR) is 124 cm³/mol. The molecule has 1 aliphatic heterocycles. The van der Waals surface area contributed by atoms with Gasteiger partial charge in [0.25, 0.3) is 5.91 Å². The van der Waals surface area contributed by atoms with Gasteiger partial charge in [-0.15, -0.1) is 11.3 Å². The molecule has 7 nitrogen and oxygen atoms in total. The van der Waals surface area contributed by atoms with Crippen LogP contribution in [0, 0.1) is 0 Å². The average molecular weight is 502 g/mol. The number of nitrogens with zero attached hydrogens (tertiary/aromatic N) is 2. The van der Waals surface area contributed by atoms with Crippen LogP contribution >= 0.6 is 27.3 Å². The molecule has 0 atom stereocenters. The lowest BCUT2D eigenvalue weighted by Gasteiger charge is -2.29. The molecule has 1 N–H and O–H groups in total. The number of hydrogen-bond donors (Lipinski definition) is 1. The fraction of sp³-hybridized carbons (Fsp3) is 0.227. The Balaban J connectivity index is 1.54. The van der Waals surface area contributed by atoms with Crippen LogP contribution in [-0.2, 0) is 20.7 Å². The summed E-state index contributed by atoms with van der Waals surface area (Å²) >= 11 is 4.93. The molecule has 0 fully saturated rings. The van der Waals surface area contributed by atoms with Crippen molar-refractivity contribution in [3.05, 3.63) is 57.3 Å². The van der Waals surface area contributed by atoms with Crippen molar-refractivity contribution >= 4 is 50.5 Å². The first-order chi connectivity index (χ1) is 15.0. The number of carbonyl (C=O) groups is 2. The Bertz CT molecular complexity index is 1100. The molecule has 0 radical (unpaired) electrons. The zero-order chi connectivity index (χ0) is 21.8. The highest BCUT2D eigenvalue weighted by Crippen LogP contribution is 2.36. The molecular formula is C22H20BrN3O4S. The normalized spacial score (nSPS) is 13.0. The maximum absolute atomic E-state index is 12.6. The molecule has 2 heterocycles. The van der Waals surface area contributed by atoms with Gasteiger partial charge < -0.3 is 14.8 Å². The van der Waals surface area contributed by atoms with Crippen LogP contribution in [0.15, 0.2) is 52.3 Å². The second-order valence-electron chi connectivity index (χ2n) is 6.88. The summed E-state index contributed by atoms with van der Waals surface area (Å²) in [6.07, 6.45) is 0.746. The van der Waals surface area contributed by atoms with Gasteiger partial charge in [0, 0.05) is 34.6 Å². The van der Waals surface area contributed by atoms with E-state index in [-0.39, 0.29) is 25.0 Å². The summed E-state index contributed by atoms with van der Waals surface area (Å²) in [6, 6.07) is 12.8. The standard InChI is InChI=1S/C22H20BrN3O4S/c1-29-9-8-21-25-17(13-31-21)14-2-7-19-18(10-14)26(22(28)12-30-19)11-20(27)24-16-5-3-15(23)4-6-16/h2-7,10,13H,8-9,11-12H2,1H3,(H,24,27). The third-order valence-corrected chi connectivity index (χ3v) is 6.14. The molecule has 160 valence electrons. The number of aromatic nitrogens is 1. The number of ether oxygens (including phenoxy) is 2. The topological polar surface area (TPSA) is 80.8 Å². The van der Waals surface area contributed by atoms with Crippen molar-refractivity contribution in [3.8, 4) is 17.0 Å². The van der Waals surface area contributed by atoms with Crippen molar-refractivity contribution in [1.82, 2.24) is 4.98 Å². The maximum Gasteiger partial charge on any atom is 0.265 e. The number of benzene rings is 2. The minimum atomic E-state index is -0.288. The molecule has 0 unspecified atom stereocenters. The molecule has 0 saturated heterocycles. The van der Waals surface area contributed by atoms with Crippen LogP contribution in [0.1, 0.15) is 5.01 Å². The molecule has 31 heavy (non-hydrogen) atoms. The van der Waals surface area contributed by atoms with Crippen LogP contribution in [0.25, 0.3) is 11.3 Å². The van der Waals surface area contributed by atoms with Gasteiger partial charge >= 0.3 is 0 Å². The summed E-state index contributed by atoms with van der Waals surface area (Å²) < 4.78 is 11.6. The van der Waals surface area contributed by atoms with Gasteiger partial charge in [0.05, 0.1) is 23.0 Å². The Hall–Kier alpha value is -2.75. The van der Waals surface area contributed by atoms with Gasteiger partial charge in [0.1, 0.15) is 12.3 Å². The smallest absolute Gasteiger partial charge is 0.265 e. The summed E-state index contributed by atoms with van der Waals surface area (Å²) in [6.45, 7) is 0.404. The van der Waals surface area contributed by atoms with Crippen LogP contribution in [-0.4, -0.2) is 43.7 Å². The van der Waals surface area contributed by atoms with E-state index in [2.05, 4.69) is 26.2 Å². The molecule has 1 aromatic heterocycles. The van der Waals surface area contributed by atoms with Crippen LogP contribution < -0.4 is 15.0 Å². The Morgan fingerprint density at radius 1 is 1.29 bits per heavy atom. The first-order valence-corrected chi connectivity index (χ1v) is 11.3. The summed E-state index contributed by atoms with van der Waals surface area (Å²) in [7, 11) is 1.66. The Labute approximate surface area is 192 Å². The number of halogens is 1. The fourth-order valence-corrected chi connectivity index (χ4v) is 4.21. The number of rotatable bonds is 7. The summed E-state index contributed by atoms with van der Waals surface area (Å²) in [5.74, 6) is 0.00808. The van der Waals surface area contributed by atoms with Crippen LogP contribution in [0.2, 0.25) is 0 Å². The molecule has 0 bridgehead atoms. The molecule has 0 aliphatic carbocycles. The zero-order valence-corrected chi connectivity index (χ0v) is 19.2. The van der Waals surface area contributed by atoms with Crippen molar-refractivity contribution in [2.75, 3.05) is 37.1 Å². The van der Waals surface area contributed by atoms with Gasteiger partial charge in [-0.25, -0.2) is 4.98 Å². The predicted octanol–water partition coefficient (Wildman–Crippen LogP) is 4.13. The van der Waals surface area contributed by atoms with Crippen LogP contribution in [0.4, 0.5) is 11.4 Å². The van der Waals surface area contributed by atoms with Crippen molar-refractivity contribution in [3.63, 3.8) is 0 Å². The van der Waals surface area contributed by atoms with Crippen LogP contribution in [0.5, 0.6) is 5.75 Å². The quantitative estimate of drug-likeness (QED) is 0.526. The Morgan fingerprint density at radius 3 is 2.87 bits per heavy atom. The zero-order valence-electron chi connectivity index (χ0n) is 16.8. The number of amides is 2. The van der Waals surface area contributed by atoms with E-state index in [0.717, 1.165) is 27.2 Å². The first kappa shape index (κ1) is 21.5. The summed E-state index contributed by atoms with van der Waals surface area (Å²) in [5.41, 5.74) is 2.89. The van der Waals surface area contributed by atoms with E-state index in [1.54, 1.807) is 30.6 Å². The summed E-state index contributed by atoms with van der Waals surface area (Å²) in [5, 5.41) is 5.77. The van der Waals surface area contributed by atoms with Gasteiger partial charge in [-0.3, -0.25) is 14.5 Å². The number of nitrogens with one attached hydrogen (secondary N) is 1. The Kier molecular flexibility index (Phi) is 6.64. The van der Waals surface area contributed by atoms with E-state index in [9.17, 15) is 9.59 Å². The third kappa shape index (κ3) is 5.12. The molecule has 9 heteroatoms. The SMILES string of the molecule is COCCc1nc(-c2ccc3c(c2)N(CC(=O)Nc2ccc(Br)cc2)C(=O)CO3)cs1. The van der Waals surface area contributed by atoms with Gasteiger partial charge in [0.2, 0.25) is 5.91 Å². The maximum atomic E-state index is 12.6. The van der Waals surface area contributed by atoms with Gasteiger partial charge in [-0.1, -0.05) is 15.9 Å². The largest absolute Gasteiger partial charge is 0.482 e. The number of methoxy groups -OCH3 is 1. The number of hydrogen-bond acceptors (Lipinski definition) is 6. The molecule has 0 spiro atoms. The lowest BCUT2D eigenvalue weighted by molar-refractivity contribution is -0.123. The molecule has 2 aromatic carbocycles. The molecule has 4 rings (SSSR count). The van der Waals surface area contributed by atoms with Crippen LogP contribution in [0.3, 0.4) is 0 Å². The van der Waals surface area contributed by atoms with Crippen molar-refractivity contribution in [2.45, 2.75) is 6.42 Å². The number of anilines is 2. The van der Waals surface area contributed by atoms with E-state index >= 15 is 0 Å². The molecule has 2 amide bonds.